The minimum Gasteiger partial charge on any atom is -0.465 e. The first-order valence-corrected chi connectivity index (χ1v) is 10.4. The molecule has 0 saturated heterocycles. The van der Waals surface area contributed by atoms with Crippen LogP contribution in [0.4, 0.5) is 16.4 Å². The SMILES string of the molecule is CC1(c2ccc3nc(NC(=O)O)[nH]c3c2)c2ccccc2C(=O)N1c1cccc(Br)c1.Cl. The van der Waals surface area contributed by atoms with E-state index in [9.17, 15) is 9.59 Å². The second-order valence-corrected chi connectivity index (χ2v) is 8.40. The third-order valence-corrected chi connectivity index (χ3v) is 6.16. The van der Waals surface area contributed by atoms with Gasteiger partial charge in [-0.1, -0.05) is 46.3 Å². The van der Waals surface area contributed by atoms with Crippen molar-refractivity contribution in [2.75, 3.05) is 10.2 Å². The highest BCUT2D eigenvalue weighted by Crippen LogP contribution is 2.47. The fraction of sp³-hybridized carbons (Fsp3) is 0.0870. The number of amides is 2. The van der Waals surface area contributed by atoms with E-state index in [4.69, 9.17) is 5.11 Å². The van der Waals surface area contributed by atoms with Gasteiger partial charge in [0.25, 0.3) is 5.91 Å². The summed E-state index contributed by atoms with van der Waals surface area (Å²) in [7, 11) is 0. The van der Waals surface area contributed by atoms with E-state index in [1.165, 1.54) is 0 Å². The summed E-state index contributed by atoms with van der Waals surface area (Å²) in [5.74, 6) is 0.0747. The average molecular weight is 514 g/mol. The molecule has 3 N–H and O–H groups in total. The molecule has 2 amide bonds. The Bertz CT molecular complexity index is 1370. The summed E-state index contributed by atoms with van der Waals surface area (Å²) in [5, 5.41) is 11.2. The summed E-state index contributed by atoms with van der Waals surface area (Å²) in [4.78, 5) is 33.5. The molecule has 1 aliphatic heterocycles. The van der Waals surface area contributed by atoms with Crippen LogP contribution in [0.15, 0.2) is 71.2 Å². The molecule has 32 heavy (non-hydrogen) atoms. The third-order valence-electron chi connectivity index (χ3n) is 5.67. The Morgan fingerprint density at radius 3 is 2.66 bits per heavy atom. The van der Waals surface area contributed by atoms with Crippen molar-refractivity contribution in [2.45, 2.75) is 12.5 Å². The highest BCUT2D eigenvalue weighted by Gasteiger charge is 2.48. The number of benzene rings is 3. The maximum Gasteiger partial charge on any atom is 0.411 e. The number of carboxylic acid groups (broad SMARTS) is 1. The van der Waals surface area contributed by atoms with Crippen molar-refractivity contribution in [3.05, 3.63) is 87.9 Å². The number of halogens is 2. The van der Waals surface area contributed by atoms with Crippen LogP contribution in [0.25, 0.3) is 11.0 Å². The van der Waals surface area contributed by atoms with E-state index < -0.39 is 11.6 Å². The van der Waals surface area contributed by atoms with Crippen LogP contribution >= 0.6 is 28.3 Å². The van der Waals surface area contributed by atoms with Crippen LogP contribution < -0.4 is 10.2 Å². The van der Waals surface area contributed by atoms with E-state index in [1.54, 1.807) is 4.90 Å². The number of carbonyl (C=O) groups excluding carboxylic acids is 1. The summed E-state index contributed by atoms with van der Waals surface area (Å²) < 4.78 is 0.879. The number of H-pyrrole nitrogens is 1. The molecule has 0 spiro atoms. The highest BCUT2D eigenvalue weighted by molar-refractivity contribution is 9.10. The molecule has 0 bridgehead atoms. The molecule has 0 aliphatic carbocycles. The van der Waals surface area contributed by atoms with Gasteiger partial charge in [0, 0.05) is 15.7 Å². The van der Waals surface area contributed by atoms with E-state index in [1.807, 2.05) is 73.7 Å². The van der Waals surface area contributed by atoms with Gasteiger partial charge in [0.15, 0.2) is 0 Å². The molecule has 0 fully saturated rings. The van der Waals surface area contributed by atoms with Crippen LogP contribution in [-0.4, -0.2) is 27.1 Å². The van der Waals surface area contributed by atoms with Crippen LogP contribution in [0.1, 0.15) is 28.4 Å². The van der Waals surface area contributed by atoms with Gasteiger partial charge in [0.1, 0.15) is 0 Å². The molecule has 1 aliphatic rings. The maximum absolute atomic E-state index is 13.5. The van der Waals surface area contributed by atoms with Gasteiger partial charge in [0.2, 0.25) is 5.95 Å². The van der Waals surface area contributed by atoms with Crippen molar-refractivity contribution < 1.29 is 14.7 Å². The summed E-state index contributed by atoms with van der Waals surface area (Å²) in [6.45, 7) is 2.02. The van der Waals surface area contributed by atoms with E-state index in [0.29, 0.717) is 16.6 Å². The Labute approximate surface area is 198 Å². The predicted molar refractivity (Wildman–Crippen MR) is 129 cm³/mol. The Hall–Kier alpha value is -3.36. The quantitative estimate of drug-likeness (QED) is 0.324. The van der Waals surface area contributed by atoms with Crippen molar-refractivity contribution in [2.24, 2.45) is 0 Å². The van der Waals surface area contributed by atoms with Crippen LogP contribution in [0.5, 0.6) is 0 Å². The lowest BCUT2D eigenvalue weighted by molar-refractivity contribution is 0.0984. The molecule has 1 aromatic heterocycles. The van der Waals surface area contributed by atoms with Crippen LogP contribution in [0.2, 0.25) is 0 Å². The number of anilines is 2. The molecule has 4 aromatic rings. The number of fused-ring (bicyclic) bond motifs is 2. The fourth-order valence-electron chi connectivity index (χ4n) is 4.29. The first-order chi connectivity index (χ1) is 14.9. The number of rotatable bonds is 3. The molecule has 7 nitrogen and oxygen atoms in total. The van der Waals surface area contributed by atoms with Crippen molar-refractivity contribution in [1.29, 1.82) is 0 Å². The normalized spacial score (nSPS) is 17.2. The zero-order valence-corrected chi connectivity index (χ0v) is 19.2. The number of carbonyl (C=O) groups is 2. The monoisotopic (exact) mass is 512 g/mol. The highest BCUT2D eigenvalue weighted by atomic mass is 79.9. The largest absolute Gasteiger partial charge is 0.465 e. The molecule has 0 radical (unpaired) electrons. The lowest BCUT2D eigenvalue weighted by Gasteiger charge is -2.37. The Morgan fingerprint density at radius 2 is 1.91 bits per heavy atom. The van der Waals surface area contributed by atoms with Crippen LogP contribution in [0, 0.1) is 0 Å². The summed E-state index contributed by atoms with van der Waals surface area (Å²) in [5.41, 5.74) is 3.75. The lowest BCUT2D eigenvalue weighted by atomic mass is 9.84. The van der Waals surface area contributed by atoms with Crippen molar-refractivity contribution >= 4 is 63.0 Å². The number of hydrogen-bond acceptors (Lipinski definition) is 3. The Kier molecular flexibility index (Phi) is 5.44. The van der Waals surface area contributed by atoms with Gasteiger partial charge in [0.05, 0.1) is 16.6 Å². The first-order valence-electron chi connectivity index (χ1n) is 9.58. The molecule has 9 heteroatoms. The number of aromatic nitrogens is 2. The third kappa shape index (κ3) is 3.32. The molecule has 0 saturated carbocycles. The minimum atomic E-state index is -1.19. The molecule has 162 valence electrons. The smallest absolute Gasteiger partial charge is 0.411 e. The average Bonchev–Trinajstić information content (AvgIpc) is 3.24. The number of nitrogens with zero attached hydrogens (tertiary/aromatic N) is 2. The Morgan fingerprint density at radius 1 is 1.12 bits per heavy atom. The van der Waals surface area contributed by atoms with Gasteiger partial charge in [-0.25, -0.2) is 9.78 Å². The van der Waals surface area contributed by atoms with Gasteiger partial charge >= 0.3 is 6.09 Å². The number of nitrogens with one attached hydrogen (secondary N) is 2. The van der Waals surface area contributed by atoms with Crippen molar-refractivity contribution in [1.82, 2.24) is 9.97 Å². The van der Waals surface area contributed by atoms with Crippen LogP contribution in [0.3, 0.4) is 0 Å². The summed E-state index contributed by atoms with van der Waals surface area (Å²) in [6.07, 6.45) is -1.19. The zero-order chi connectivity index (χ0) is 21.8. The van der Waals surface area contributed by atoms with Gasteiger partial charge < -0.3 is 10.1 Å². The standard InChI is InChI=1S/C23H17BrN4O3.ClH/c1-23(13-9-10-18-19(11-13)26-21(25-18)27-22(30)31)17-8-3-2-7-16(17)20(29)28(23)15-6-4-5-14(24)12-15;/h2-12H,1H3,(H,30,31)(H2,25,26,27);1H. The topological polar surface area (TPSA) is 98.3 Å². The first kappa shape index (κ1) is 21.9. The summed E-state index contributed by atoms with van der Waals surface area (Å²) >= 11 is 3.51. The predicted octanol–water partition coefficient (Wildman–Crippen LogP) is 5.76. The molecular weight excluding hydrogens is 496 g/mol. The Balaban J connectivity index is 0.00000245. The maximum atomic E-state index is 13.5. The second-order valence-electron chi connectivity index (χ2n) is 7.49. The zero-order valence-electron chi connectivity index (χ0n) is 16.8. The van der Waals surface area contributed by atoms with Crippen LogP contribution in [-0.2, 0) is 5.54 Å². The molecule has 1 atom stereocenters. The molecular formula is C23H18BrClN4O3. The van der Waals surface area contributed by atoms with Gasteiger partial charge in [-0.2, -0.15) is 0 Å². The lowest BCUT2D eigenvalue weighted by Crippen LogP contribution is -2.42. The minimum absolute atomic E-state index is 0. The van der Waals surface area contributed by atoms with Crippen molar-refractivity contribution in [3.8, 4) is 0 Å². The fourth-order valence-corrected chi connectivity index (χ4v) is 4.67. The van der Waals surface area contributed by atoms with E-state index in [-0.39, 0.29) is 24.3 Å². The van der Waals surface area contributed by atoms with Crippen molar-refractivity contribution in [3.63, 3.8) is 0 Å². The van der Waals surface area contributed by atoms with E-state index in [2.05, 4.69) is 31.2 Å². The summed E-state index contributed by atoms with van der Waals surface area (Å²) in [6, 6.07) is 20.9. The number of hydrogen-bond donors (Lipinski definition) is 3. The van der Waals surface area contributed by atoms with Gasteiger partial charge in [-0.15, -0.1) is 12.4 Å². The van der Waals surface area contributed by atoms with Gasteiger partial charge in [-0.05, 0) is 54.4 Å². The molecule has 3 aromatic carbocycles. The number of imidazole rings is 1. The second kappa shape index (κ2) is 7.96. The van der Waals surface area contributed by atoms with Gasteiger partial charge in [-0.3, -0.25) is 15.0 Å². The number of aromatic amines is 1. The van der Waals surface area contributed by atoms with E-state index in [0.717, 1.165) is 21.3 Å². The molecule has 2 heterocycles. The molecule has 1 unspecified atom stereocenters. The molecule has 5 rings (SSSR count). The van der Waals surface area contributed by atoms with E-state index >= 15 is 0 Å².